The fourth-order valence-electron chi connectivity index (χ4n) is 4.52. The standard InChI is InChI=1S/C21H16ClF3N4S/c22-17-6-5-12(7-16(17)21(23,24)25)27-19(30)28-13-8-20(9-13)15-4-2-1-3-14(15)18-10-26-11-29(18)20/h1-7,10-11,13H,8-9H2,(H2,27,28,30). The summed E-state index contributed by atoms with van der Waals surface area (Å²) >= 11 is 11.0. The minimum Gasteiger partial charge on any atom is -0.360 e. The number of hydrogen-bond acceptors (Lipinski definition) is 2. The van der Waals surface area contributed by atoms with Crippen molar-refractivity contribution in [1.82, 2.24) is 14.9 Å². The summed E-state index contributed by atoms with van der Waals surface area (Å²) in [6.45, 7) is 0. The van der Waals surface area contributed by atoms with E-state index in [0.717, 1.165) is 24.6 Å². The zero-order chi connectivity index (χ0) is 21.1. The van der Waals surface area contributed by atoms with E-state index in [1.165, 1.54) is 23.3 Å². The lowest BCUT2D eigenvalue weighted by Crippen LogP contribution is -2.56. The molecule has 0 bridgehead atoms. The van der Waals surface area contributed by atoms with Crippen LogP contribution in [0.25, 0.3) is 11.3 Å². The Morgan fingerprint density at radius 1 is 1.20 bits per heavy atom. The molecule has 5 rings (SSSR count). The first-order chi connectivity index (χ1) is 14.3. The quantitative estimate of drug-likeness (QED) is 0.513. The maximum absolute atomic E-state index is 13.1. The molecule has 2 heterocycles. The highest BCUT2D eigenvalue weighted by molar-refractivity contribution is 7.80. The molecule has 1 aliphatic carbocycles. The van der Waals surface area contributed by atoms with E-state index in [-0.39, 0.29) is 27.4 Å². The Morgan fingerprint density at radius 3 is 2.73 bits per heavy atom. The lowest BCUT2D eigenvalue weighted by molar-refractivity contribution is -0.137. The summed E-state index contributed by atoms with van der Waals surface area (Å²) in [6.07, 6.45) is 0.823. The third kappa shape index (κ3) is 2.97. The molecule has 1 aliphatic heterocycles. The second-order valence-corrected chi connectivity index (χ2v) is 8.44. The molecule has 1 spiro atoms. The summed E-state index contributed by atoms with van der Waals surface area (Å²) in [7, 11) is 0. The minimum atomic E-state index is -4.53. The molecule has 0 amide bonds. The average molecular weight is 449 g/mol. The van der Waals surface area contributed by atoms with Crippen LogP contribution in [0, 0.1) is 0 Å². The van der Waals surface area contributed by atoms with Crippen LogP contribution in [0.5, 0.6) is 0 Å². The molecule has 3 aromatic rings. The van der Waals surface area contributed by atoms with Crippen LogP contribution in [0.3, 0.4) is 0 Å². The average Bonchev–Trinajstić information content (AvgIpc) is 3.23. The number of imidazole rings is 1. The van der Waals surface area contributed by atoms with Crippen LogP contribution >= 0.6 is 23.8 Å². The summed E-state index contributed by atoms with van der Waals surface area (Å²) in [5.74, 6) is 0. The van der Waals surface area contributed by atoms with Crippen molar-refractivity contribution in [2.24, 2.45) is 0 Å². The molecule has 1 aromatic heterocycles. The molecule has 154 valence electrons. The molecule has 1 saturated carbocycles. The van der Waals surface area contributed by atoms with Gasteiger partial charge < -0.3 is 15.2 Å². The van der Waals surface area contributed by atoms with E-state index in [1.54, 1.807) is 0 Å². The van der Waals surface area contributed by atoms with Crippen LogP contribution in [0.4, 0.5) is 18.9 Å². The van der Waals surface area contributed by atoms with Crippen LogP contribution in [-0.2, 0) is 11.7 Å². The first-order valence-corrected chi connectivity index (χ1v) is 10.1. The Labute approximate surface area is 181 Å². The molecule has 0 radical (unpaired) electrons. The smallest absolute Gasteiger partial charge is 0.360 e. The number of anilines is 1. The van der Waals surface area contributed by atoms with E-state index in [9.17, 15) is 13.2 Å². The monoisotopic (exact) mass is 448 g/mol. The summed E-state index contributed by atoms with van der Waals surface area (Å²) < 4.78 is 41.4. The van der Waals surface area contributed by atoms with Crippen LogP contribution in [0.15, 0.2) is 55.0 Å². The molecule has 0 unspecified atom stereocenters. The van der Waals surface area contributed by atoms with E-state index in [4.69, 9.17) is 23.8 Å². The maximum Gasteiger partial charge on any atom is 0.417 e. The van der Waals surface area contributed by atoms with Crippen LogP contribution in [-0.4, -0.2) is 20.7 Å². The Balaban J connectivity index is 1.28. The Hall–Kier alpha value is -2.58. The largest absolute Gasteiger partial charge is 0.417 e. The van der Waals surface area contributed by atoms with Gasteiger partial charge in [-0.1, -0.05) is 35.9 Å². The number of halogens is 4. The number of rotatable bonds is 2. The number of alkyl halides is 3. The number of hydrogen-bond donors (Lipinski definition) is 2. The summed E-state index contributed by atoms with van der Waals surface area (Å²) in [5.41, 5.74) is 2.75. The third-order valence-corrected chi connectivity index (χ3v) is 6.39. The highest BCUT2D eigenvalue weighted by atomic mass is 35.5. The Bertz CT molecular complexity index is 1150. The fraction of sp³-hybridized carbons (Fsp3) is 0.238. The van der Waals surface area contributed by atoms with Gasteiger partial charge in [0, 0.05) is 17.3 Å². The number of benzene rings is 2. The lowest BCUT2D eigenvalue weighted by Gasteiger charge is -2.47. The Morgan fingerprint density at radius 2 is 1.97 bits per heavy atom. The van der Waals surface area contributed by atoms with E-state index >= 15 is 0 Å². The Kier molecular flexibility index (Phi) is 4.34. The molecule has 2 aliphatic rings. The molecule has 4 nitrogen and oxygen atoms in total. The maximum atomic E-state index is 13.1. The van der Waals surface area contributed by atoms with Gasteiger partial charge >= 0.3 is 6.18 Å². The van der Waals surface area contributed by atoms with Gasteiger partial charge in [-0.2, -0.15) is 13.2 Å². The van der Waals surface area contributed by atoms with Crippen LogP contribution in [0.2, 0.25) is 5.02 Å². The summed E-state index contributed by atoms with van der Waals surface area (Å²) in [6, 6.07) is 12.0. The number of thiocarbonyl (C=S) groups is 1. The number of fused-ring (bicyclic) bond motifs is 5. The van der Waals surface area contributed by atoms with Gasteiger partial charge in [-0.3, -0.25) is 0 Å². The van der Waals surface area contributed by atoms with Crippen molar-refractivity contribution in [3.8, 4) is 11.3 Å². The number of aromatic nitrogens is 2. The predicted octanol–water partition coefficient (Wildman–Crippen LogP) is 5.43. The van der Waals surface area contributed by atoms with Crippen LogP contribution in [0.1, 0.15) is 24.0 Å². The topological polar surface area (TPSA) is 41.9 Å². The first-order valence-electron chi connectivity index (χ1n) is 9.35. The van der Waals surface area contributed by atoms with E-state index in [2.05, 4.69) is 32.3 Å². The van der Waals surface area contributed by atoms with Crippen molar-refractivity contribution >= 4 is 34.6 Å². The molecular weight excluding hydrogens is 433 g/mol. The molecule has 2 aromatic carbocycles. The number of nitrogens with one attached hydrogen (secondary N) is 2. The molecule has 9 heteroatoms. The van der Waals surface area contributed by atoms with E-state index in [0.29, 0.717) is 0 Å². The summed E-state index contributed by atoms with van der Waals surface area (Å²) in [5, 5.41) is 5.99. The molecule has 0 saturated heterocycles. The molecule has 30 heavy (non-hydrogen) atoms. The zero-order valence-electron chi connectivity index (χ0n) is 15.5. The predicted molar refractivity (Wildman–Crippen MR) is 114 cm³/mol. The molecular formula is C21H16ClF3N4S. The van der Waals surface area contributed by atoms with Crippen molar-refractivity contribution in [3.05, 3.63) is 71.1 Å². The van der Waals surface area contributed by atoms with Gasteiger partial charge in [-0.25, -0.2) is 4.98 Å². The van der Waals surface area contributed by atoms with Crippen molar-refractivity contribution in [3.63, 3.8) is 0 Å². The number of nitrogens with zero attached hydrogens (tertiary/aromatic N) is 2. The SMILES string of the molecule is FC(F)(F)c1cc(NC(=S)NC2CC3(C2)c2ccccc2-c2cncn23)ccc1Cl. The van der Waals surface area contributed by atoms with Crippen molar-refractivity contribution in [1.29, 1.82) is 0 Å². The van der Waals surface area contributed by atoms with Gasteiger partial charge in [0.1, 0.15) is 0 Å². The lowest BCUT2D eigenvalue weighted by atomic mass is 9.68. The van der Waals surface area contributed by atoms with E-state index < -0.39 is 11.7 Å². The molecule has 0 atom stereocenters. The second-order valence-electron chi connectivity index (χ2n) is 7.62. The van der Waals surface area contributed by atoms with E-state index in [1.807, 2.05) is 24.7 Å². The molecule has 1 fully saturated rings. The van der Waals surface area contributed by atoms with Gasteiger partial charge in [0.15, 0.2) is 5.11 Å². The van der Waals surface area contributed by atoms with Gasteiger partial charge in [-0.05, 0) is 48.8 Å². The minimum absolute atomic E-state index is 0.0980. The van der Waals surface area contributed by atoms with Crippen molar-refractivity contribution in [2.75, 3.05) is 5.32 Å². The van der Waals surface area contributed by atoms with Gasteiger partial charge in [0.05, 0.1) is 34.3 Å². The van der Waals surface area contributed by atoms with Gasteiger partial charge in [0.2, 0.25) is 0 Å². The highest BCUT2D eigenvalue weighted by Gasteiger charge is 2.52. The van der Waals surface area contributed by atoms with Crippen molar-refractivity contribution in [2.45, 2.75) is 30.6 Å². The van der Waals surface area contributed by atoms with Crippen molar-refractivity contribution < 1.29 is 13.2 Å². The van der Waals surface area contributed by atoms with Gasteiger partial charge in [0.25, 0.3) is 0 Å². The van der Waals surface area contributed by atoms with Gasteiger partial charge in [-0.15, -0.1) is 0 Å². The molecule has 2 N–H and O–H groups in total. The second kappa shape index (κ2) is 6.72. The zero-order valence-corrected chi connectivity index (χ0v) is 17.1. The highest BCUT2D eigenvalue weighted by Crippen LogP contribution is 2.54. The first kappa shape index (κ1) is 19.4. The third-order valence-electron chi connectivity index (χ3n) is 5.84. The summed E-state index contributed by atoms with van der Waals surface area (Å²) in [4.78, 5) is 4.30. The fourth-order valence-corrected chi connectivity index (χ4v) is 5.03. The van der Waals surface area contributed by atoms with Crippen LogP contribution < -0.4 is 10.6 Å². The normalized spacial score (nSPS) is 21.7.